The summed E-state index contributed by atoms with van der Waals surface area (Å²) in [5.41, 5.74) is 6.48. The van der Waals surface area contributed by atoms with E-state index in [1.54, 1.807) is 0 Å². The Labute approximate surface area is 175 Å². The van der Waals surface area contributed by atoms with E-state index < -0.39 is 0 Å². The van der Waals surface area contributed by atoms with Gasteiger partial charge in [0.05, 0.1) is 22.2 Å². The third-order valence-electron chi connectivity index (χ3n) is 5.74. The van der Waals surface area contributed by atoms with Crippen molar-refractivity contribution in [1.29, 1.82) is 0 Å². The van der Waals surface area contributed by atoms with Crippen molar-refractivity contribution in [2.24, 2.45) is 0 Å². The first-order valence-corrected chi connectivity index (χ1v) is 10.1. The summed E-state index contributed by atoms with van der Waals surface area (Å²) < 4.78 is 2.21. The molecule has 2 aromatic heterocycles. The molecule has 0 aliphatic rings. The van der Waals surface area contributed by atoms with Gasteiger partial charge < -0.3 is 0 Å². The maximum atomic E-state index is 5.11. The maximum Gasteiger partial charge on any atom is 0.235 e. The lowest BCUT2D eigenvalue weighted by atomic mass is 9.93. The van der Waals surface area contributed by atoms with E-state index in [1.165, 1.54) is 16.2 Å². The Morgan fingerprint density at radius 3 is 2.17 bits per heavy atom. The smallest absolute Gasteiger partial charge is 0.235 e. The molecule has 0 amide bonds. The highest BCUT2D eigenvalue weighted by molar-refractivity contribution is 6.39. The van der Waals surface area contributed by atoms with Gasteiger partial charge in [0.1, 0.15) is 7.85 Å². The summed E-state index contributed by atoms with van der Waals surface area (Å²) in [6.45, 7) is 0. The molecular formula is C26H18BN3. The molecule has 0 N–H and O–H groups in total. The highest BCUT2D eigenvalue weighted by atomic mass is 15.2. The topological polar surface area (TPSA) is 30.7 Å². The lowest BCUT2D eigenvalue weighted by molar-refractivity contribution is 1.02. The van der Waals surface area contributed by atoms with E-state index in [0.29, 0.717) is 5.95 Å². The molecule has 0 aliphatic carbocycles. The number of aromatic nitrogens is 3. The summed E-state index contributed by atoms with van der Waals surface area (Å²) in [4.78, 5) is 10.1. The maximum absolute atomic E-state index is 5.11. The molecule has 3 nitrogen and oxygen atoms in total. The van der Waals surface area contributed by atoms with E-state index >= 15 is 0 Å². The van der Waals surface area contributed by atoms with E-state index in [-0.39, 0.29) is 0 Å². The minimum atomic E-state index is 0.702. The van der Waals surface area contributed by atoms with Crippen LogP contribution in [-0.2, 0) is 0 Å². The molecule has 30 heavy (non-hydrogen) atoms. The largest absolute Gasteiger partial charge is 0.278 e. The van der Waals surface area contributed by atoms with Crippen LogP contribution in [0.4, 0.5) is 0 Å². The van der Waals surface area contributed by atoms with Crippen LogP contribution < -0.4 is 5.46 Å². The number of para-hydroxylation sites is 3. The summed E-state index contributed by atoms with van der Waals surface area (Å²) in [7, 11) is 2.15. The molecule has 0 unspecified atom stereocenters. The van der Waals surface area contributed by atoms with Gasteiger partial charge in [-0.25, -0.2) is 9.97 Å². The highest BCUT2D eigenvalue weighted by Crippen LogP contribution is 2.32. The number of hydrogen-bond acceptors (Lipinski definition) is 2. The van der Waals surface area contributed by atoms with Crippen molar-refractivity contribution in [3.8, 4) is 17.2 Å². The average molecular weight is 383 g/mol. The lowest BCUT2D eigenvalue weighted by Crippen LogP contribution is -2.10. The summed E-state index contributed by atoms with van der Waals surface area (Å²) in [5, 5.41) is 3.50. The van der Waals surface area contributed by atoms with Crippen molar-refractivity contribution < 1.29 is 0 Å². The van der Waals surface area contributed by atoms with Crippen LogP contribution in [0.1, 0.15) is 0 Å². The highest BCUT2D eigenvalue weighted by Gasteiger charge is 2.17. The van der Waals surface area contributed by atoms with E-state index in [9.17, 15) is 0 Å². The molecule has 0 radical (unpaired) electrons. The van der Waals surface area contributed by atoms with Crippen LogP contribution in [0.15, 0.2) is 97.1 Å². The van der Waals surface area contributed by atoms with Crippen LogP contribution in [-0.4, -0.2) is 22.4 Å². The standard InChI is InChI=1S/C26H18BN3/c27-21-14-8-13-19-18-11-5-7-16-23(18)30(25(19)21)26-28-22-15-6-4-12-20(22)24(29-26)17-9-2-1-3-10-17/h1-16H,27H2. The van der Waals surface area contributed by atoms with Crippen LogP contribution in [0, 0.1) is 0 Å². The Balaban J connectivity index is 1.78. The predicted molar refractivity (Wildman–Crippen MR) is 127 cm³/mol. The van der Waals surface area contributed by atoms with E-state index in [4.69, 9.17) is 9.97 Å². The lowest BCUT2D eigenvalue weighted by Gasteiger charge is -2.12. The zero-order chi connectivity index (χ0) is 20.1. The van der Waals surface area contributed by atoms with E-state index in [1.807, 2.05) is 18.2 Å². The molecule has 0 saturated carbocycles. The van der Waals surface area contributed by atoms with Crippen LogP contribution >= 0.6 is 0 Å². The van der Waals surface area contributed by atoms with Crippen LogP contribution in [0.25, 0.3) is 49.9 Å². The normalized spacial score (nSPS) is 11.5. The fraction of sp³-hybridized carbons (Fsp3) is 0. The monoisotopic (exact) mass is 383 g/mol. The van der Waals surface area contributed by atoms with Crippen molar-refractivity contribution >= 4 is 46.0 Å². The molecule has 6 rings (SSSR count). The molecule has 0 aliphatic heterocycles. The van der Waals surface area contributed by atoms with Crippen molar-refractivity contribution in [2.45, 2.75) is 0 Å². The summed E-state index contributed by atoms with van der Waals surface area (Å²) >= 11 is 0. The first-order chi connectivity index (χ1) is 14.8. The average Bonchev–Trinajstić information content (AvgIpc) is 3.15. The molecular weight excluding hydrogens is 365 g/mol. The Bertz CT molecular complexity index is 1550. The van der Waals surface area contributed by atoms with Gasteiger partial charge in [0.15, 0.2) is 0 Å². The number of nitrogens with zero attached hydrogens (tertiary/aromatic N) is 3. The van der Waals surface area contributed by atoms with Crippen molar-refractivity contribution in [2.75, 3.05) is 0 Å². The van der Waals surface area contributed by atoms with Gasteiger partial charge >= 0.3 is 0 Å². The van der Waals surface area contributed by atoms with E-state index in [2.05, 4.69) is 91.3 Å². The third-order valence-corrected chi connectivity index (χ3v) is 5.74. The van der Waals surface area contributed by atoms with Crippen molar-refractivity contribution in [1.82, 2.24) is 14.5 Å². The minimum Gasteiger partial charge on any atom is -0.278 e. The van der Waals surface area contributed by atoms with Gasteiger partial charge in [0, 0.05) is 21.7 Å². The molecule has 0 spiro atoms. The molecule has 4 heteroatoms. The number of benzene rings is 4. The second-order valence-electron chi connectivity index (χ2n) is 7.58. The van der Waals surface area contributed by atoms with Gasteiger partial charge in [-0.15, -0.1) is 0 Å². The van der Waals surface area contributed by atoms with Gasteiger partial charge in [-0.1, -0.05) is 90.4 Å². The molecule has 4 aromatic carbocycles. The summed E-state index contributed by atoms with van der Waals surface area (Å²) in [6, 6.07) is 33.5. The Morgan fingerprint density at radius 2 is 1.30 bits per heavy atom. The number of hydrogen-bond donors (Lipinski definition) is 0. The number of rotatable bonds is 2. The molecule has 0 saturated heterocycles. The van der Waals surface area contributed by atoms with Crippen LogP contribution in [0.2, 0.25) is 0 Å². The third kappa shape index (κ3) is 2.47. The SMILES string of the molecule is Bc1cccc2c3ccccc3n(-c3nc(-c4ccccc4)c4ccccc4n3)c12. The van der Waals surface area contributed by atoms with Gasteiger partial charge in [0.25, 0.3) is 0 Å². The zero-order valence-electron chi connectivity index (χ0n) is 16.6. The minimum absolute atomic E-state index is 0.702. The fourth-order valence-electron chi connectivity index (χ4n) is 4.38. The second kappa shape index (κ2) is 6.56. The quantitative estimate of drug-likeness (QED) is 0.408. The molecule has 0 fully saturated rings. The zero-order valence-corrected chi connectivity index (χ0v) is 16.6. The first-order valence-electron chi connectivity index (χ1n) is 10.1. The van der Waals surface area contributed by atoms with Gasteiger partial charge in [-0.05, 0) is 12.1 Å². The second-order valence-corrected chi connectivity index (χ2v) is 7.58. The molecule has 6 aromatic rings. The fourth-order valence-corrected chi connectivity index (χ4v) is 4.38. The van der Waals surface area contributed by atoms with Crippen molar-refractivity contribution in [3.63, 3.8) is 0 Å². The molecule has 140 valence electrons. The molecule has 0 bridgehead atoms. The van der Waals surface area contributed by atoms with Gasteiger partial charge in [0.2, 0.25) is 5.95 Å². The molecule has 0 atom stereocenters. The number of fused-ring (bicyclic) bond motifs is 4. The van der Waals surface area contributed by atoms with Gasteiger partial charge in [-0.2, -0.15) is 0 Å². The molecule has 2 heterocycles. The Hall–Kier alpha value is -3.92. The van der Waals surface area contributed by atoms with Crippen LogP contribution in [0.3, 0.4) is 0 Å². The van der Waals surface area contributed by atoms with E-state index in [0.717, 1.165) is 33.2 Å². The predicted octanol–water partition coefficient (Wildman–Crippen LogP) is 4.65. The van der Waals surface area contributed by atoms with Crippen LogP contribution in [0.5, 0.6) is 0 Å². The summed E-state index contributed by atoms with van der Waals surface area (Å²) in [5.74, 6) is 0.702. The first kappa shape index (κ1) is 17.0. The summed E-state index contributed by atoms with van der Waals surface area (Å²) in [6.07, 6.45) is 0. The van der Waals surface area contributed by atoms with Crippen molar-refractivity contribution in [3.05, 3.63) is 97.1 Å². The Morgan fingerprint density at radius 1 is 0.600 bits per heavy atom. The Kier molecular flexibility index (Phi) is 3.72. The van der Waals surface area contributed by atoms with Gasteiger partial charge in [-0.3, -0.25) is 4.57 Å².